The molecule has 4 heterocycles. The second-order valence-corrected chi connectivity index (χ2v) is 8.96. The van der Waals surface area contributed by atoms with E-state index in [-0.39, 0.29) is 24.4 Å². The zero-order chi connectivity index (χ0) is 22.1. The van der Waals surface area contributed by atoms with Crippen LogP contribution in [0.5, 0.6) is 0 Å². The van der Waals surface area contributed by atoms with Gasteiger partial charge in [-0.3, -0.25) is 14.6 Å². The molecule has 1 saturated carbocycles. The molecule has 0 bridgehead atoms. The van der Waals surface area contributed by atoms with E-state index < -0.39 is 5.54 Å². The third kappa shape index (κ3) is 3.61. The molecule has 166 valence electrons. The molecule has 0 spiro atoms. The molecule has 1 aliphatic carbocycles. The monoisotopic (exact) mass is 432 g/mol. The molecule has 3 aromatic heterocycles. The van der Waals surface area contributed by atoms with Gasteiger partial charge in [0.15, 0.2) is 0 Å². The maximum absolute atomic E-state index is 13.7. The smallest absolute Gasteiger partial charge is 0.271 e. The predicted molar refractivity (Wildman–Crippen MR) is 120 cm³/mol. The summed E-state index contributed by atoms with van der Waals surface area (Å²) >= 11 is 0. The molecule has 0 unspecified atom stereocenters. The zero-order valence-corrected chi connectivity index (χ0v) is 18.3. The number of nitrogens with zero attached hydrogens (tertiary/aromatic N) is 3. The Morgan fingerprint density at radius 1 is 1.12 bits per heavy atom. The van der Waals surface area contributed by atoms with Gasteiger partial charge in [-0.2, -0.15) is 0 Å². The Kier molecular flexibility index (Phi) is 5.33. The minimum Gasteiger partial charge on any atom is -0.463 e. The first-order valence-corrected chi connectivity index (χ1v) is 11.3. The van der Waals surface area contributed by atoms with Gasteiger partial charge in [-0.05, 0) is 56.2 Å². The highest BCUT2D eigenvalue weighted by atomic mass is 16.3. The van der Waals surface area contributed by atoms with Crippen molar-refractivity contribution >= 4 is 11.8 Å². The summed E-state index contributed by atoms with van der Waals surface area (Å²) in [6.07, 6.45) is 8.77. The van der Waals surface area contributed by atoms with Crippen LogP contribution in [-0.2, 0) is 17.9 Å². The predicted octanol–water partition coefficient (Wildman–Crippen LogP) is 4.01. The van der Waals surface area contributed by atoms with Gasteiger partial charge in [-0.25, -0.2) is 0 Å². The second kappa shape index (κ2) is 8.30. The van der Waals surface area contributed by atoms with Crippen molar-refractivity contribution in [3.63, 3.8) is 0 Å². The van der Waals surface area contributed by atoms with E-state index in [1.54, 1.807) is 17.4 Å². The van der Waals surface area contributed by atoms with Gasteiger partial charge < -0.3 is 19.2 Å². The molecular formula is C25H28N4O3. The molecule has 32 heavy (non-hydrogen) atoms. The Morgan fingerprint density at radius 3 is 2.66 bits per heavy atom. The molecule has 1 fully saturated rings. The van der Waals surface area contributed by atoms with Crippen molar-refractivity contribution in [3.8, 4) is 11.5 Å². The highest BCUT2D eigenvalue weighted by Crippen LogP contribution is 2.34. The number of hydrogen-bond acceptors (Lipinski definition) is 4. The van der Waals surface area contributed by atoms with Gasteiger partial charge in [0, 0.05) is 12.2 Å². The molecule has 0 radical (unpaired) electrons. The van der Waals surface area contributed by atoms with Gasteiger partial charge in [0.05, 0.1) is 30.7 Å². The van der Waals surface area contributed by atoms with Crippen molar-refractivity contribution in [2.45, 2.75) is 63.7 Å². The van der Waals surface area contributed by atoms with E-state index in [0.717, 1.165) is 37.1 Å². The average Bonchev–Trinajstić information content (AvgIpc) is 3.48. The van der Waals surface area contributed by atoms with Crippen LogP contribution in [0.15, 0.2) is 59.3 Å². The fourth-order valence-corrected chi connectivity index (χ4v) is 4.90. The molecule has 1 aliphatic heterocycles. The number of furan rings is 1. The third-order valence-electron chi connectivity index (χ3n) is 6.76. The second-order valence-electron chi connectivity index (χ2n) is 8.96. The highest BCUT2D eigenvalue weighted by Gasteiger charge is 2.48. The summed E-state index contributed by atoms with van der Waals surface area (Å²) in [5, 5.41) is 3.25. The van der Waals surface area contributed by atoms with Crippen LogP contribution >= 0.6 is 0 Å². The summed E-state index contributed by atoms with van der Waals surface area (Å²) < 4.78 is 7.51. The first-order valence-electron chi connectivity index (χ1n) is 11.3. The normalized spacial score (nSPS) is 21.4. The third-order valence-corrected chi connectivity index (χ3v) is 6.76. The van der Waals surface area contributed by atoms with Gasteiger partial charge >= 0.3 is 0 Å². The van der Waals surface area contributed by atoms with Crippen molar-refractivity contribution in [1.82, 2.24) is 19.8 Å². The fraction of sp³-hybridized carbons (Fsp3) is 0.400. The first kappa shape index (κ1) is 20.5. The number of amides is 2. The van der Waals surface area contributed by atoms with Crippen LogP contribution in [0, 0.1) is 0 Å². The zero-order valence-electron chi connectivity index (χ0n) is 18.3. The largest absolute Gasteiger partial charge is 0.463 e. The molecule has 2 amide bonds. The van der Waals surface area contributed by atoms with Crippen LogP contribution in [0.25, 0.3) is 11.5 Å². The Labute approximate surface area is 187 Å². The molecule has 2 aliphatic rings. The first-order chi connectivity index (χ1) is 15.6. The average molecular weight is 433 g/mol. The van der Waals surface area contributed by atoms with Crippen molar-refractivity contribution in [2.24, 2.45) is 0 Å². The van der Waals surface area contributed by atoms with Gasteiger partial charge in [0.1, 0.15) is 17.0 Å². The standard InChI is InChI=1S/C25H28N4O3/c1-25(24(31)27-18-8-3-2-4-9-18)17-28-20(22-11-7-15-32-22)12-13-21(28)23(30)29(25)16-19-10-5-6-14-26-19/h5-7,10-15,18H,2-4,8-9,16-17H2,1H3,(H,27,31)/t25-/m1/s1. The van der Waals surface area contributed by atoms with E-state index in [4.69, 9.17) is 4.42 Å². The molecule has 7 heteroatoms. The molecule has 1 atom stereocenters. The summed E-state index contributed by atoms with van der Waals surface area (Å²) in [6, 6.07) is 13.2. The number of pyridine rings is 1. The maximum Gasteiger partial charge on any atom is 0.271 e. The molecule has 0 saturated heterocycles. The van der Waals surface area contributed by atoms with Crippen LogP contribution in [0.2, 0.25) is 0 Å². The lowest BCUT2D eigenvalue weighted by atomic mass is 9.91. The summed E-state index contributed by atoms with van der Waals surface area (Å²) in [5.41, 5.74) is 1.05. The molecule has 5 rings (SSSR count). The lowest BCUT2D eigenvalue weighted by molar-refractivity contribution is -0.134. The van der Waals surface area contributed by atoms with E-state index >= 15 is 0 Å². The summed E-state index contributed by atoms with van der Waals surface area (Å²) in [7, 11) is 0. The molecule has 0 aromatic carbocycles. The van der Waals surface area contributed by atoms with E-state index in [9.17, 15) is 9.59 Å². The van der Waals surface area contributed by atoms with Gasteiger partial charge in [0.25, 0.3) is 5.91 Å². The minimum atomic E-state index is -1.06. The number of carbonyl (C=O) groups excluding carboxylic acids is 2. The summed E-state index contributed by atoms with van der Waals surface area (Å²) in [4.78, 5) is 33.5. The van der Waals surface area contributed by atoms with E-state index in [1.807, 2.05) is 54.0 Å². The van der Waals surface area contributed by atoms with Crippen LogP contribution in [-0.4, -0.2) is 37.8 Å². The van der Waals surface area contributed by atoms with Gasteiger partial charge in [-0.1, -0.05) is 25.3 Å². The van der Waals surface area contributed by atoms with Crippen LogP contribution in [0.1, 0.15) is 55.2 Å². The highest BCUT2D eigenvalue weighted by molar-refractivity contribution is 6.00. The molecule has 3 aromatic rings. The molecular weight excluding hydrogens is 404 g/mol. The SMILES string of the molecule is C[C@]1(C(=O)NC2CCCCC2)Cn2c(ccc2-c2ccco2)C(=O)N1Cc1ccccn1. The Bertz CT molecular complexity index is 1100. The quantitative estimate of drug-likeness (QED) is 0.661. The number of carbonyl (C=O) groups is 2. The van der Waals surface area contributed by atoms with Crippen molar-refractivity contribution in [1.29, 1.82) is 0 Å². The van der Waals surface area contributed by atoms with E-state index in [2.05, 4.69) is 10.3 Å². The number of aromatic nitrogens is 2. The lowest BCUT2D eigenvalue weighted by Crippen LogP contribution is -2.64. The van der Waals surface area contributed by atoms with Crippen molar-refractivity contribution in [2.75, 3.05) is 0 Å². The van der Waals surface area contributed by atoms with Crippen LogP contribution in [0.3, 0.4) is 0 Å². The molecule has 7 nitrogen and oxygen atoms in total. The van der Waals surface area contributed by atoms with Crippen LogP contribution < -0.4 is 5.32 Å². The number of hydrogen-bond donors (Lipinski definition) is 1. The number of fused-ring (bicyclic) bond motifs is 1. The van der Waals surface area contributed by atoms with Crippen molar-refractivity contribution < 1.29 is 14.0 Å². The van der Waals surface area contributed by atoms with Gasteiger partial charge in [-0.15, -0.1) is 0 Å². The van der Waals surface area contributed by atoms with E-state index in [1.165, 1.54) is 6.42 Å². The number of rotatable bonds is 5. The Hall–Kier alpha value is -3.35. The lowest BCUT2D eigenvalue weighted by Gasteiger charge is -2.45. The van der Waals surface area contributed by atoms with Gasteiger partial charge in [0.2, 0.25) is 5.91 Å². The van der Waals surface area contributed by atoms with E-state index in [0.29, 0.717) is 18.0 Å². The minimum absolute atomic E-state index is 0.113. The van der Waals surface area contributed by atoms with Crippen molar-refractivity contribution in [3.05, 3.63) is 66.3 Å². The maximum atomic E-state index is 13.7. The topological polar surface area (TPSA) is 80.4 Å². The fourth-order valence-electron chi connectivity index (χ4n) is 4.90. The Morgan fingerprint density at radius 2 is 1.94 bits per heavy atom. The van der Waals surface area contributed by atoms with Crippen LogP contribution in [0.4, 0.5) is 0 Å². The summed E-state index contributed by atoms with van der Waals surface area (Å²) in [5.74, 6) is 0.386. The molecule has 1 N–H and O–H groups in total. The number of nitrogens with one attached hydrogen (secondary N) is 1. The summed E-state index contributed by atoms with van der Waals surface area (Å²) in [6.45, 7) is 2.48. The Balaban J connectivity index is 1.52.